The number of hydrogen-bond donors (Lipinski definition) is 1. The van der Waals surface area contributed by atoms with Crippen LogP contribution in [0.5, 0.6) is 0 Å². The summed E-state index contributed by atoms with van der Waals surface area (Å²) < 4.78 is 5.06. The SMILES string of the molecule is Cc1noc(CN2CCC(C(C)O)C2)n1. The molecule has 84 valence electrons. The summed E-state index contributed by atoms with van der Waals surface area (Å²) in [5.41, 5.74) is 0. The Morgan fingerprint density at radius 2 is 2.47 bits per heavy atom. The van der Waals surface area contributed by atoms with E-state index in [2.05, 4.69) is 15.0 Å². The molecular formula is C10H17N3O2. The number of nitrogens with zero attached hydrogens (tertiary/aromatic N) is 3. The predicted octanol–water partition coefficient (Wildman–Crippen LogP) is 0.581. The molecule has 1 aromatic rings. The van der Waals surface area contributed by atoms with Gasteiger partial charge in [-0.1, -0.05) is 5.16 Å². The zero-order chi connectivity index (χ0) is 10.8. The maximum atomic E-state index is 9.46. The highest BCUT2D eigenvalue weighted by molar-refractivity contribution is 4.86. The van der Waals surface area contributed by atoms with Crippen LogP contribution in [0.3, 0.4) is 0 Å². The highest BCUT2D eigenvalue weighted by Gasteiger charge is 2.26. The zero-order valence-electron chi connectivity index (χ0n) is 9.18. The Morgan fingerprint density at radius 3 is 3.00 bits per heavy atom. The van der Waals surface area contributed by atoms with Gasteiger partial charge in [-0.3, -0.25) is 4.90 Å². The third-order valence-electron chi connectivity index (χ3n) is 2.92. The van der Waals surface area contributed by atoms with Gasteiger partial charge in [-0.25, -0.2) is 0 Å². The van der Waals surface area contributed by atoms with Gasteiger partial charge >= 0.3 is 0 Å². The molecule has 2 atom stereocenters. The van der Waals surface area contributed by atoms with Crippen LogP contribution < -0.4 is 0 Å². The molecule has 5 heteroatoms. The van der Waals surface area contributed by atoms with E-state index in [4.69, 9.17) is 4.52 Å². The largest absolute Gasteiger partial charge is 0.393 e. The van der Waals surface area contributed by atoms with Gasteiger partial charge in [-0.2, -0.15) is 4.98 Å². The van der Waals surface area contributed by atoms with Gasteiger partial charge in [-0.15, -0.1) is 0 Å². The van der Waals surface area contributed by atoms with Gasteiger partial charge in [-0.05, 0) is 32.7 Å². The summed E-state index contributed by atoms with van der Waals surface area (Å²) in [6.45, 7) is 6.28. The second-order valence-corrected chi connectivity index (χ2v) is 4.26. The van der Waals surface area contributed by atoms with Crippen molar-refractivity contribution in [2.45, 2.75) is 32.9 Å². The van der Waals surface area contributed by atoms with E-state index in [1.807, 2.05) is 13.8 Å². The summed E-state index contributed by atoms with van der Waals surface area (Å²) in [5.74, 6) is 1.73. The van der Waals surface area contributed by atoms with Gasteiger partial charge in [0.25, 0.3) is 0 Å². The monoisotopic (exact) mass is 211 g/mol. The van der Waals surface area contributed by atoms with Gasteiger partial charge in [0.15, 0.2) is 5.82 Å². The topological polar surface area (TPSA) is 62.4 Å². The van der Waals surface area contributed by atoms with Crippen molar-refractivity contribution in [2.75, 3.05) is 13.1 Å². The van der Waals surface area contributed by atoms with E-state index in [0.29, 0.717) is 24.2 Å². The van der Waals surface area contributed by atoms with Gasteiger partial charge in [0.05, 0.1) is 12.6 Å². The Morgan fingerprint density at radius 1 is 1.67 bits per heavy atom. The van der Waals surface area contributed by atoms with E-state index in [9.17, 15) is 5.11 Å². The molecule has 0 aliphatic carbocycles. The van der Waals surface area contributed by atoms with E-state index in [-0.39, 0.29) is 6.10 Å². The van der Waals surface area contributed by atoms with Crippen LogP contribution in [0.2, 0.25) is 0 Å². The molecule has 0 saturated carbocycles. The lowest BCUT2D eigenvalue weighted by Crippen LogP contribution is -2.24. The zero-order valence-corrected chi connectivity index (χ0v) is 9.18. The molecular weight excluding hydrogens is 194 g/mol. The lowest BCUT2D eigenvalue weighted by atomic mass is 10.0. The Labute approximate surface area is 89.1 Å². The number of rotatable bonds is 3. The second-order valence-electron chi connectivity index (χ2n) is 4.26. The first-order valence-corrected chi connectivity index (χ1v) is 5.35. The van der Waals surface area contributed by atoms with Crippen LogP contribution in [0, 0.1) is 12.8 Å². The highest BCUT2D eigenvalue weighted by Crippen LogP contribution is 2.20. The summed E-state index contributed by atoms with van der Waals surface area (Å²) in [7, 11) is 0. The Kier molecular flexibility index (Phi) is 3.02. The van der Waals surface area contributed by atoms with Gasteiger partial charge in [0, 0.05) is 6.54 Å². The summed E-state index contributed by atoms with van der Waals surface area (Å²) in [5, 5.41) is 13.2. The van der Waals surface area contributed by atoms with Crippen LogP contribution in [-0.4, -0.2) is 39.3 Å². The maximum absolute atomic E-state index is 9.46. The number of aromatic nitrogens is 2. The fraction of sp³-hybridized carbons (Fsp3) is 0.800. The minimum atomic E-state index is -0.223. The van der Waals surface area contributed by atoms with Gasteiger partial charge in [0.2, 0.25) is 5.89 Å². The molecule has 0 bridgehead atoms. The molecule has 2 heterocycles. The Balaban J connectivity index is 1.87. The van der Waals surface area contributed by atoms with E-state index in [0.717, 1.165) is 19.5 Å². The molecule has 0 radical (unpaired) electrons. The molecule has 1 N–H and O–H groups in total. The van der Waals surface area contributed by atoms with Crippen molar-refractivity contribution < 1.29 is 9.63 Å². The quantitative estimate of drug-likeness (QED) is 0.792. The fourth-order valence-electron chi connectivity index (χ4n) is 2.00. The number of likely N-dealkylation sites (tertiary alicyclic amines) is 1. The van der Waals surface area contributed by atoms with Crippen LogP contribution in [-0.2, 0) is 6.54 Å². The first-order valence-electron chi connectivity index (χ1n) is 5.35. The number of aliphatic hydroxyl groups is 1. The van der Waals surface area contributed by atoms with Crippen LogP contribution >= 0.6 is 0 Å². The summed E-state index contributed by atoms with van der Waals surface area (Å²) in [6, 6.07) is 0. The first kappa shape index (κ1) is 10.6. The molecule has 1 fully saturated rings. The number of hydrogen-bond acceptors (Lipinski definition) is 5. The predicted molar refractivity (Wildman–Crippen MR) is 54.1 cm³/mol. The Hall–Kier alpha value is -0.940. The maximum Gasteiger partial charge on any atom is 0.240 e. The van der Waals surface area contributed by atoms with Crippen LogP contribution in [0.15, 0.2) is 4.52 Å². The molecule has 1 aliphatic heterocycles. The van der Waals surface area contributed by atoms with Crippen molar-refractivity contribution in [3.8, 4) is 0 Å². The van der Waals surface area contributed by atoms with Crippen LogP contribution in [0.4, 0.5) is 0 Å². The molecule has 0 spiro atoms. The molecule has 0 aromatic carbocycles. The minimum absolute atomic E-state index is 0.223. The summed E-state index contributed by atoms with van der Waals surface area (Å²) in [6.07, 6.45) is 0.824. The van der Waals surface area contributed by atoms with Crippen molar-refractivity contribution in [1.29, 1.82) is 0 Å². The average Bonchev–Trinajstić information content (AvgIpc) is 2.76. The average molecular weight is 211 g/mol. The molecule has 0 amide bonds. The van der Waals surface area contributed by atoms with E-state index in [1.165, 1.54) is 0 Å². The molecule has 15 heavy (non-hydrogen) atoms. The first-order chi connectivity index (χ1) is 7.15. The minimum Gasteiger partial charge on any atom is -0.393 e. The van der Waals surface area contributed by atoms with Gasteiger partial charge in [0.1, 0.15) is 0 Å². The smallest absolute Gasteiger partial charge is 0.240 e. The van der Waals surface area contributed by atoms with Gasteiger partial charge < -0.3 is 9.63 Å². The van der Waals surface area contributed by atoms with Crippen molar-refractivity contribution in [1.82, 2.24) is 15.0 Å². The molecule has 1 aromatic heterocycles. The third kappa shape index (κ3) is 2.54. The van der Waals surface area contributed by atoms with Crippen LogP contribution in [0.1, 0.15) is 25.1 Å². The molecule has 2 unspecified atom stereocenters. The van der Waals surface area contributed by atoms with Crippen molar-refractivity contribution in [3.05, 3.63) is 11.7 Å². The summed E-state index contributed by atoms with van der Waals surface area (Å²) >= 11 is 0. The summed E-state index contributed by atoms with van der Waals surface area (Å²) in [4.78, 5) is 6.40. The molecule has 2 rings (SSSR count). The standard InChI is InChI=1S/C10H17N3O2/c1-7(14)9-3-4-13(5-9)6-10-11-8(2)12-15-10/h7,9,14H,3-6H2,1-2H3. The van der Waals surface area contributed by atoms with E-state index in [1.54, 1.807) is 0 Å². The third-order valence-corrected chi connectivity index (χ3v) is 2.92. The van der Waals surface area contributed by atoms with E-state index >= 15 is 0 Å². The molecule has 5 nitrogen and oxygen atoms in total. The molecule has 1 aliphatic rings. The van der Waals surface area contributed by atoms with Crippen molar-refractivity contribution in [2.24, 2.45) is 5.92 Å². The number of aliphatic hydroxyl groups excluding tert-OH is 1. The Bertz CT molecular complexity index is 324. The highest BCUT2D eigenvalue weighted by atomic mass is 16.5. The fourth-order valence-corrected chi connectivity index (χ4v) is 2.00. The van der Waals surface area contributed by atoms with Crippen LogP contribution in [0.25, 0.3) is 0 Å². The lowest BCUT2D eigenvalue weighted by Gasteiger charge is -2.15. The second kappa shape index (κ2) is 4.28. The molecule has 1 saturated heterocycles. The normalized spacial score (nSPS) is 24.6. The van der Waals surface area contributed by atoms with E-state index < -0.39 is 0 Å². The van der Waals surface area contributed by atoms with Crippen molar-refractivity contribution >= 4 is 0 Å². The lowest BCUT2D eigenvalue weighted by molar-refractivity contribution is 0.125. The number of aryl methyl sites for hydroxylation is 1. The van der Waals surface area contributed by atoms with Crippen molar-refractivity contribution in [3.63, 3.8) is 0 Å².